The highest BCUT2D eigenvalue weighted by Gasteiger charge is 2.06. The summed E-state index contributed by atoms with van der Waals surface area (Å²) in [5, 5.41) is 3.54. The zero-order chi connectivity index (χ0) is 26.2. The summed E-state index contributed by atoms with van der Waals surface area (Å²) in [6.07, 6.45) is 7.07. The van der Waals surface area contributed by atoms with Crippen LogP contribution in [0.15, 0.2) is 23.9 Å². The molecule has 0 atom stereocenters. The molecule has 0 saturated heterocycles. The number of benzene rings is 1. The molecule has 0 heterocycles. The Morgan fingerprint density at radius 3 is 1.97 bits per heavy atom. The number of hydrogen-bond acceptors (Lipinski definition) is 7. The van der Waals surface area contributed by atoms with E-state index in [4.69, 9.17) is 29.4 Å². The maximum absolute atomic E-state index is 5.96. The second-order valence-electron chi connectivity index (χ2n) is 7.94. The van der Waals surface area contributed by atoms with Crippen LogP contribution in [0.3, 0.4) is 0 Å². The molecule has 0 aliphatic carbocycles. The lowest BCUT2D eigenvalue weighted by Gasteiger charge is -2.14. The maximum atomic E-state index is 5.96. The van der Waals surface area contributed by atoms with Gasteiger partial charge in [-0.25, -0.2) is 0 Å². The molecule has 204 valence electrons. The molecule has 1 aromatic carbocycles. The van der Waals surface area contributed by atoms with Crippen LogP contribution in [-0.4, -0.2) is 66.4 Å². The predicted octanol–water partition coefficient (Wildman–Crippen LogP) is 5.17. The molecule has 0 radical (unpaired) electrons. The summed E-state index contributed by atoms with van der Waals surface area (Å²) in [7, 11) is 1.70. The average molecular weight is 497 g/mol. The van der Waals surface area contributed by atoms with E-state index in [-0.39, 0.29) is 0 Å². The van der Waals surface area contributed by atoms with Gasteiger partial charge >= 0.3 is 0 Å². The van der Waals surface area contributed by atoms with Gasteiger partial charge in [-0.05, 0) is 75.8 Å². The molecule has 0 spiro atoms. The lowest BCUT2D eigenvalue weighted by Crippen LogP contribution is -2.18. The molecular weight excluding hydrogens is 444 g/mol. The number of aryl methyl sites for hydroxylation is 2. The SMILES string of the molecule is CC.CC/C=C(\CCCOc1cc(C)c(OC)c(C)c1)NCCCOCCOCCOCCCN. The number of allylic oxidation sites excluding steroid dienone is 2. The predicted molar refractivity (Wildman–Crippen MR) is 146 cm³/mol. The quantitative estimate of drug-likeness (QED) is 0.227. The van der Waals surface area contributed by atoms with Crippen molar-refractivity contribution in [2.45, 2.75) is 66.7 Å². The highest BCUT2D eigenvalue weighted by molar-refractivity contribution is 5.45. The van der Waals surface area contributed by atoms with Crippen molar-refractivity contribution in [3.63, 3.8) is 0 Å². The normalized spacial score (nSPS) is 11.1. The van der Waals surface area contributed by atoms with Crippen molar-refractivity contribution < 1.29 is 23.7 Å². The monoisotopic (exact) mass is 496 g/mol. The van der Waals surface area contributed by atoms with Gasteiger partial charge in [-0.3, -0.25) is 0 Å². The Morgan fingerprint density at radius 2 is 1.43 bits per heavy atom. The molecule has 0 aliphatic heterocycles. The first kappa shape index (κ1) is 33.2. The zero-order valence-corrected chi connectivity index (χ0v) is 23.3. The van der Waals surface area contributed by atoms with Gasteiger partial charge in [0.15, 0.2) is 0 Å². The van der Waals surface area contributed by atoms with E-state index in [1.807, 2.05) is 39.8 Å². The summed E-state index contributed by atoms with van der Waals surface area (Å²) >= 11 is 0. The van der Waals surface area contributed by atoms with Gasteiger partial charge < -0.3 is 34.7 Å². The molecule has 1 rings (SSSR count). The number of ether oxygens (including phenoxy) is 5. The van der Waals surface area contributed by atoms with Crippen LogP contribution >= 0.6 is 0 Å². The first-order valence-electron chi connectivity index (χ1n) is 13.3. The summed E-state index contributed by atoms with van der Waals surface area (Å²) in [6.45, 7) is 16.4. The number of hydrogen-bond donors (Lipinski definition) is 2. The highest BCUT2D eigenvalue weighted by atomic mass is 16.5. The summed E-state index contributed by atoms with van der Waals surface area (Å²) in [6, 6.07) is 4.07. The minimum atomic E-state index is 0.599. The molecule has 0 aromatic heterocycles. The largest absolute Gasteiger partial charge is 0.496 e. The Labute approximate surface area is 214 Å². The Balaban J connectivity index is 0.00000562. The molecule has 7 nitrogen and oxygen atoms in total. The number of nitrogens with one attached hydrogen (secondary N) is 1. The minimum Gasteiger partial charge on any atom is -0.496 e. The van der Waals surface area contributed by atoms with Crippen LogP contribution < -0.4 is 20.5 Å². The van der Waals surface area contributed by atoms with Crippen molar-refractivity contribution in [1.29, 1.82) is 0 Å². The van der Waals surface area contributed by atoms with E-state index in [2.05, 4.69) is 18.3 Å². The maximum Gasteiger partial charge on any atom is 0.124 e. The summed E-state index contributed by atoms with van der Waals surface area (Å²) < 4.78 is 27.9. The second kappa shape index (κ2) is 23.9. The van der Waals surface area contributed by atoms with E-state index in [1.54, 1.807) is 7.11 Å². The molecule has 3 N–H and O–H groups in total. The number of methoxy groups -OCH3 is 1. The molecule has 0 unspecified atom stereocenters. The third-order valence-corrected chi connectivity index (χ3v) is 5.00. The lowest BCUT2D eigenvalue weighted by atomic mass is 10.1. The molecule has 0 saturated carbocycles. The van der Waals surface area contributed by atoms with E-state index in [0.717, 1.165) is 67.9 Å². The Bertz CT molecular complexity index is 629. The van der Waals surface area contributed by atoms with Gasteiger partial charge in [-0.1, -0.05) is 26.8 Å². The van der Waals surface area contributed by atoms with Gasteiger partial charge in [0.2, 0.25) is 0 Å². The third-order valence-electron chi connectivity index (χ3n) is 5.00. The van der Waals surface area contributed by atoms with Crippen molar-refractivity contribution in [2.75, 3.05) is 66.4 Å². The average Bonchev–Trinajstić information content (AvgIpc) is 2.85. The molecule has 0 aliphatic rings. The van der Waals surface area contributed by atoms with Crippen molar-refractivity contribution in [3.8, 4) is 11.5 Å². The molecule has 0 bridgehead atoms. The summed E-state index contributed by atoms with van der Waals surface area (Å²) in [5.74, 6) is 1.83. The summed E-state index contributed by atoms with van der Waals surface area (Å²) in [4.78, 5) is 0. The Hall–Kier alpha value is -1.80. The van der Waals surface area contributed by atoms with Gasteiger partial charge in [0.1, 0.15) is 11.5 Å². The van der Waals surface area contributed by atoms with Gasteiger partial charge in [-0.15, -0.1) is 0 Å². The standard InChI is InChI=1S/C26H46N2O5.C2H6/c1-5-9-24(10-6-15-33-25-20-22(2)26(29-4)23(3)21-25)28-12-8-14-31-17-19-32-18-16-30-13-7-11-27;1-2/h9,20-21,28H,5-8,10-19,27H2,1-4H3;1-2H3/b24-9+;. The number of rotatable bonds is 21. The Morgan fingerprint density at radius 1 is 0.857 bits per heavy atom. The van der Waals surface area contributed by atoms with Crippen LogP contribution in [0.25, 0.3) is 0 Å². The van der Waals surface area contributed by atoms with E-state index in [9.17, 15) is 0 Å². The van der Waals surface area contributed by atoms with Crippen LogP contribution in [0.4, 0.5) is 0 Å². The van der Waals surface area contributed by atoms with Gasteiger partial charge in [-0.2, -0.15) is 0 Å². The lowest BCUT2D eigenvalue weighted by molar-refractivity contribution is 0.0141. The van der Waals surface area contributed by atoms with Crippen LogP contribution in [-0.2, 0) is 14.2 Å². The molecule has 35 heavy (non-hydrogen) atoms. The van der Waals surface area contributed by atoms with Crippen molar-refractivity contribution in [2.24, 2.45) is 5.73 Å². The topological polar surface area (TPSA) is 84.2 Å². The van der Waals surface area contributed by atoms with Crippen LogP contribution in [0.5, 0.6) is 11.5 Å². The van der Waals surface area contributed by atoms with Crippen LogP contribution in [0, 0.1) is 13.8 Å². The molecule has 7 heteroatoms. The zero-order valence-electron chi connectivity index (χ0n) is 23.3. The van der Waals surface area contributed by atoms with Gasteiger partial charge in [0, 0.05) is 25.5 Å². The highest BCUT2D eigenvalue weighted by Crippen LogP contribution is 2.28. The van der Waals surface area contributed by atoms with E-state index < -0.39 is 0 Å². The van der Waals surface area contributed by atoms with Crippen molar-refractivity contribution in [1.82, 2.24) is 5.32 Å². The van der Waals surface area contributed by atoms with Crippen LogP contribution in [0.2, 0.25) is 0 Å². The smallest absolute Gasteiger partial charge is 0.124 e. The van der Waals surface area contributed by atoms with Crippen molar-refractivity contribution >= 4 is 0 Å². The fraction of sp³-hybridized carbons (Fsp3) is 0.714. The van der Waals surface area contributed by atoms with E-state index in [1.165, 1.54) is 5.70 Å². The van der Waals surface area contributed by atoms with Crippen LogP contribution in [0.1, 0.15) is 64.0 Å². The molecule has 0 amide bonds. The molecule has 0 fully saturated rings. The molecule has 1 aromatic rings. The first-order valence-corrected chi connectivity index (χ1v) is 13.3. The molecular formula is C28H52N2O5. The summed E-state index contributed by atoms with van der Waals surface area (Å²) in [5.41, 5.74) is 8.89. The van der Waals surface area contributed by atoms with Gasteiger partial charge in [0.25, 0.3) is 0 Å². The fourth-order valence-electron chi connectivity index (χ4n) is 3.43. The number of nitrogens with two attached hydrogens (primary N) is 1. The fourth-order valence-corrected chi connectivity index (χ4v) is 3.43. The second-order valence-corrected chi connectivity index (χ2v) is 7.94. The van der Waals surface area contributed by atoms with Gasteiger partial charge in [0.05, 0.1) is 40.1 Å². The first-order chi connectivity index (χ1) is 17.1. The van der Waals surface area contributed by atoms with E-state index >= 15 is 0 Å². The van der Waals surface area contributed by atoms with E-state index in [0.29, 0.717) is 46.2 Å². The third kappa shape index (κ3) is 17.3. The minimum absolute atomic E-state index is 0.599. The van der Waals surface area contributed by atoms with Crippen molar-refractivity contribution in [3.05, 3.63) is 35.0 Å². The Kier molecular flexibility index (Phi) is 22.7.